The Morgan fingerprint density at radius 2 is 1.59 bits per heavy atom. The number of methoxy groups -OCH3 is 3. The summed E-state index contributed by atoms with van der Waals surface area (Å²) in [5.41, 5.74) is 0.123. The van der Waals surface area contributed by atoms with E-state index >= 15 is 0 Å². The summed E-state index contributed by atoms with van der Waals surface area (Å²) in [5, 5.41) is 0. The van der Waals surface area contributed by atoms with E-state index in [4.69, 9.17) is 14.2 Å². The van der Waals surface area contributed by atoms with E-state index in [2.05, 4.69) is 4.74 Å². The summed E-state index contributed by atoms with van der Waals surface area (Å²) < 4.78 is 20.0. The minimum Gasteiger partial charge on any atom is -0.493 e. The van der Waals surface area contributed by atoms with Gasteiger partial charge in [0.2, 0.25) is 11.5 Å². The lowest BCUT2D eigenvalue weighted by molar-refractivity contribution is -0.153. The second-order valence-corrected chi connectivity index (χ2v) is 4.13. The van der Waals surface area contributed by atoms with Crippen LogP contribution in [0, 0.1) is 0 Å². The molecule has 0 aromatic heterocycles. The Kier molecular flexibility index (Phi) is 6.37. The van der Waals surface area contributed by atoms with Gasteiger partial charge in [-0.05, 0) is 19.1 Å². The van der Waals surface area contributed by atoms with Crippen molar-refractivity contribution in [3.8, 4) is 17.2 Å². The van der Waals surface area contributed by atoms with Gasteiger partial charge in [-0.1, -0.05) is 0 Å². The van der Waals surface area contributed by atoms with Gasteiger partial charge in [0.25, 0.3) is 0 Å². The van der Waals surface area contributed by atoms with Crippen LogP contribution in [-0.4, -0.2) is 45.5 Å². The molecule has 120 valence electrons. The molecule has 7 nitrogen and oxygen atoms in total. The maximum absolute atomic E-state index is 12.2. The first-order valence-electron chi connectivity index (χ1n) is 6.52. The van der Waals surface area contributed by atoms with E-state index in [0.29, 0.717) is 5.75 Å². The second-order valence-electron chi connectivity index (χ2n) is 4.13. The first-order valence-corrected chi connectivity index (χ1v) is 6.52. The third-order valence-electron chi connectivity index (χ3n) is 2.83. The van der Waals surface area contributed by atoms with Crippen LogP contribution < -0.4 is 14.2 Å². The zero-order valence-electron chi connectivity index (χ0n) is 12.9. The lowest BCUT2D eigenvalue weighted by Gasteiger charge is -2.14. The van der Waals surface area contributed by atoms with Gasteiger partial charge in [0.1, 0.15) is 0 Å². The van der Waals surface area contributed by atoms with Crippen LogP contribution in [0.2, 0.25) is 0 Å². The number of ether oxygens (including phenoxy) is 4. The molecule has 0 aliphatic rings. The molecular weight excluding hydrogens is 292 g/mol. The number of hydrogen-bond acceptors (Lipinski definition) is 7. The smallest absolute Gasteiger partial charge is 0.375 e. The Hall–Kier alpha value is -2.57. The van der Waals surface area contributed by atoms with Crippen LogP contribution in [0.5, 0.6) is 17.2 Å². The molecule has 1 aromatic carbocycles. The Labute approximate surface area is 128 Å². The number of benzene rings is 1. The van der Waals surface area contributed by atoms with E-state index < -0.39 is 24.0 Å². The molecule has 0 amide bonds. The van der Waals surface area contributed by atoms with Gasteiger partial charge in [0.05, 0.1) is 39.9 Å². The van der Waals surface area contributed by atoms with Crippen molar-refractivity contribution in [1.29, 1.82) is 0 Å². The molecular formula is C15H18O7. The van der Waals surface area contributed by atoms with Gasteiger partial charge in [-0.3, -0.25) is 9.59 Å². The highest BCUT2D eigenvalue weighted by Gasteiger charge is 2.25. The molecule has 22 heavy (non-hydrogen) atoms. The monoisotopic (exact) mass is 310 g/mol. The molecule has 7 heteroatoms. The molecule has 0 N–H and O–H groups in total. The van der Waals surface area contributed by atoms with E-state index in [1.807, 2.05) is 0 Å². The number of rotatable bonds is 8. The van der Waals surface area contributed by atoms with Gasteiger partial charge in [-0.15, -0.1) is 0 Å². The zero-order valence-corrected chi connectivity index (χ0v) is 12.9. The van der Waals surface area contributed by atoms with Crippen molar-refractivity contribution in [3.05, 3.63) is 17.7 Å². The summed E-state index contributed by atoms with van der Waals surface area (Å²) in [4.78, 5) is 35.1. The number of carbonyl (C=O) groups is 3. The summed E-state index contributed by atoms with van der Waals surface area (Å²) in [7, 11) is 4.21. The van der Waals surface area contributed by atoms with E-state index in [0.717, 1.165) is 0 Å². The van der Waals surface area contributed by atoms with Gasteiger partial charge in [0.15, 0.2) is 17.3 Å². The largest absolute Gasteiger partial charge is 0.493 e. The van der Waals surface area contributed by atoms with Crippen molar-refractivity contribution in [2.24, 2.45) is 0 Å². The van der Waals surface area contributed by atoms with Crippen LogP contribution in [-0.2, 0) is 14.3 Å². The van der Waals surface area contributed by atoms with Crippen LogP contribution in [0.1, 0.15) is 23.7 Å². The molecule has 0 saturated carbocycles. The van der Waals surface area contributed by atoms with Crippen LogP contribution >= 0.6 is 0 Å². The number of ketones is 2. The molecule has 0 aliphatic carbocycles. The fourth-order valence-electron chi connectivity index (χ4n) is 1.85. The topological polar surface area (TPSA) is 88.1 Å². The molecule has 0 spiro atoms. The minimum atomic E-state index is -1.03. The first-order chi connectivity index (χ1) is 10.5. The zero-order chi connectivity index (χ0) is 16.7. The molecule has 0 saturated heterocycles. The molecule has 0 fully saturated rings. The van der Waals surface area contributed by atoms with Crippen molar-refractivity contribution in [3.63, 3.8) is 0 Å². The van der Waals surface area contributed by atoms with Crippen molar-refractivity contribution >= 4 is 17.5 Å². The van der Waals surface area contributed by atoms with Crippen molar-refractivity contribution in [2.75, 3.05) is 27.9 Å². The van der Waals surface area contributed by atoms with Crippen molar-refractivity contribution in [2.45, 2.75) is 13.3 Å². The molecule has 1 aromatic rings. The van der Waals surface area contributed by atoms with Gasteiger partial charge < -0.3 is 18.9 Å². The molecule has 1 rings (SSSR count). The number of esters is 1. The SMILES string of the molecule is CCOC(=O)C(=O)CC(=O)c1ccc(OC)c(OC)c1OC. The maximum atomic E-state index is 12.2. The quantitative estimate of drug-likeness (QED) is 0.310. The van der Waals surface area contributed by atoms with Crippen molar-refractivity contribution < 1.29 is 33.3 Å². The average Bonchev–Trinajstić information content (AvgIpc) is 2.52. The van der Waals surface area contributed by atoms with Crippen LogP contribution in [0.4, 0.5) is 0 Å². The predicted molar refractivity (Wildman–Crippen MR) is 76.7 cm³/mol. The van der Waals surface area contributed by atoms with Crippen LogP contribution in [0.15, 0.2) is 12.1 Å². The van der Waals surface area contributed by atoms with E-state index in [1.54, 1.807) is 6.92 Å². The van der Waals surface area contributed by atoms with Crippen molar-refractivity contribution in [1.82, 2.24) is 0 Å². The number of carbonyl (C=O) groups excluding carboxylic acids is 3. The van der Waals surface area contributed by atoms with Gasteiger partial charge in [0, 0.05) is 0 Å². The van der Waals surface area contributed by atoms with Gasteiger partial charge in [-0.25, -0.2) is 4.79 Å². The van der Waals surface area contributed by atoms with Crippen LogP contribution in [0.3, 0.4) is 0 Å². The minimum absolute atomic E-state index is 0.0679. The summed E-state index contributed by atoms with van der Waals surface area (Å²) in [6.45, 7) is 1.64. The van der Waals surface area contributed by atoms with E-state index in [9.17, 15) is 14.4 Å². The highest BCUT2D eigenvalue weighted by Crippen LogP contribution is 2.40. The number of Topliss-reactive ketones (excluding diaryl/α,β-unsaturated/α-hetero) is 2. The fourth-order valence-corrected chi connectivity index (χ4v) is 1.85. The normalized spacial score (nSPS) is 9.82. The summed E-state index contributed by atoms with van der Waals surface area (Å²) in [6.07, 6.45) is -0.606. The predicted octanol–water partition coefficient (Wildman–Crippen LogP) is 1.42. The summed E-state index contributed by atoms with van der Waals surface area (Å²) >= 11 is 0. The highest BCUT2D eigenvalue weighted by atomic mass is 16.5. The Bertz CT molecular complexity index is 577. The second kappa shape index (κ2) is 8.02. The summed E-state index contributed by atoms with van der Waals surface area (Å²) in [5.74, 6) is -1.76. The third kappa shape index (κ3) is 3.75. The Morgan fingerprint density at radius 3 is 2.09 bits per heavy atom. The lowest BCUT2D eigenvalue weighted by Crippen LogP contribution is -2.21. The average molecular weight is 310 g/mol. The van der Waals surface area contributed by atoms with Crippen LogP contribution in [0.25, 0.3) is 0 Å². The number of hydrogen-bond donors (Lipinski definition) is 0. The molecule has 0 aliphatic heterocycles. The van der Waals surface area contributed by atoms with Gasteiger partial charge >= 0.3 is 5.97 Å². The van der Waals surface area contributed by atoms with Gasteiger partial charge in [-0.2, -0.15) is 0 Å². The molecule has 0 atom stereocenters. The van der Waals surface area contributed by atoms with E-state index in [-0.39, 0.29) is 23.7 Å². The lowest BCUT2D eigenvalue weighted by atomic mass is 10.0. The fraction of sp³-hybridized carbons (Fsp3) is 0.400. The maximum Gasteiger partial charge on any atom is 0.375 e. The molecule has 0 heterocycles. The highest BCUT2D eigenvalue weighted by molar-refractivity contribution is 6.38. The molecule has 0 unspecified atom stereocenters. The standard InChI is InChI=1S/C15H18O7/c1-5-22-15(18)11(17)8-10(16)9-6-7-12(19-2)14(21-4)13(9)20-3/h6-7H,5,8H2,1-4H3. The Balaban J connectivity index is 3.08. The molecule has 0 radical (unpaired) electrons. The third-order valence-corrected chi connectivity index (χ3v) is 2.83. The summed E-state index contributed by atoms with van der Waals surface area (Å²) in [6, 6.07) is 2.96. The first kappa shape index (κ1) is 17.5. The van der Waals surface area contributed by atoms with E-state index in [1.165, 1.54) is 33.5 Å². The molecule has 0 bridgehead atoms. The Morgan fingerprint density at radius 1 is 0.955 bits per heavy atom.